The van der Waals surface area contributed by atoms with Gasteiger partial charge >= 0.3 is 0 Å². The molecule has 0 aliphatic heterocycles. The summed E-state index contributed by atoms with van der Waals surface area (Å²) in [6, 6.07) is 11.1. The van der Waals surface area contributed by atoms with Gasteiger partial charge in [-0.05, 0) is 24.3 Å². The molecule has 0 radical (unpaired) electrons. The summed E-state index contributed by atoms with van der Waals surface area (Å²) in [6.45, 7) is 0. The van der Waals surface area contributed by atoms with Gasteiger partial charge in [0, 0.05) is 10.6 Å². The first-order valence-electron chi connectivity index (χ1n) is 4.85. The van der Waals surface area contributed by atoms with E-state index in [4.69, 9.17) is 34.8 Å². The van der Waals surface area contributed by atoms with Gasteiger partial charge in [-0.25, -0.2) is 4.98 Å². The molecule has 0 aliphatic carbocycles. The molecule has 0 amide bonds. The van der Waals surface area contributed by atoms with Crippen molar-refractivity contribution in [2.45, 2.75) is 10.6 Å². The van der Waals surface area contributed by atoms with Crippen LogP contribution < -0.4 is 0 Å². The molecule has 1 nitrogen and oxygen atoms in total. The molecule has 0 saturated carbocycles. The van der Waals surface area contributed by atoms with Gasteiger partial charge in [-0.15, -0.1) is 11.8 Å². The standard InChI is InChI=1S/C12H8Cl3NS/c13-8-5-6-12(15)16-10(8)7-17-11-4-2-1-3-9(11)14/h1-6H,7H2. The van der Waals surface area contributed by atoms with Gasteiger partial charge in [0.2, 0.25) is 0 Å². The third kappa shape index (κ3) is 3.52. The maximum atomic E-state index is 6.06. The minimum Gasteiger partial charge on any atom is -0.239 e. The summed E-state index contributed by atoms with van der Waals surface area (Å²) in [6.07, 6.45) is 0. The van der Waals surface area contributed by atoms with E-state index < -0.39 is 0 Å². The second-order valence-corrected chi connectivity index (χ2v) is 5.50. The second-order valence-electron chi connectivity index (χ2n) is 3.28. The number of hydrogen-bond acceptors (Lipinski definition) is 2. The molecule has 0 unspecified atom stereocenters. The SMILES string of the molecule is Clc1ccc(Cl)c(CSc2ccccc2Cl)n1. The topological polar surface area (TPSA) is 12.9 Å². The predicted molar refractivity (Wildman–Crippen MR) is 75.3 cm³/mol. The Morgan fingerprint density at radius 1 is 0.941 bits per heavy atom. The van der Waals surface area contributed by atoms with Crippen molar-refractivity contribution in [2.75, 3.05) is 0 Å². The maximum Gasteiger partial charge on any atom is 0.129 e. The van der Waals surface area contributed by atoms with Crippen molar-refractivity contribution in [2.24, 2.45) is 0 Å². The Morgan fingerprint density at radius 3 is 2.47 bits per heavy atom. The van der Waals surface area contributed by atoms with Crippen LogP contribution in [-0.4, -0.2) is 4.98 Å². The van der Waals surface area contributed by atoms with Crippen LogP contribution in [0.25, 0.3) is 0 Å². The van der Waals surface area contributed by atoms with Crippen LogP contribution in [0.1, 0.15) is 5.69 Å². The van der Waals surface area contributed by atoms with E-state index in [2.05, 4.69) is 4.98 Å². The van der Waals surface area contributed by atoms with E-state index in [9.17, 15) is 0 Å². The monoisotopic (exact) mass is 303 g/mol. The zero-order valence-corrected chi connectivity index (χ0v) is 11.7. The van der Waals surface area contributed by atoms with Gasteiger partial charge in [-0.3, -0.25) is 0 Å². The van der Waals surface area contributed by atoms with Gasteiger partial charge in [0.15, 0.2) is 0 Å². The molecule has 0 spiro atoms. The Morgan fingerprint density at radius 2 is 1.71 bits per heavy atom. The van der Waals surface area contributed by atoms with Crippen molar-refractivity contribution in [1.82, 2.24) is 4.98 Å². The lowest BCUT2D eigenvalue weighted by Crippen LogP contribution is -1.89. The lowest BCUT2D eigenvalue weighted by atomic mass is 10.4. The first-order chi connectivity index (χ1) is 8.16. The first kappa shape index (κ1) is 13.0. The molecule has 17 heavy (non-hydrogen) atoms. The third-order valence-electron chi connectivity index (χ3n) is 2.09. The molecule has 2 aromatic rings. The highest BCUT2D eigenvalue weighted by atomic mass is 35.5. The van der Waals surface area contributed by atoms with E-state index in [0.29, 0.717) is 15.9 Å². The minimum atomic E-state index is 0.448. The van der Waals surface area contributed by atoms with Crippen LogP contribution in [0.4, 0.5) is 0 Å². The van der Waals surface area contributed by atoms with Crippen molar-refractivity contribution in [3.63, 3.8) is 0 Å². The van der Waals surface area contributed by atoms with Gasteiger partial charge in [-0.2, -0.15) is 0 Å². The molecule has 0 aliphatic rings. The summed E-state index contributed by atoms with van der Waals surface area (Å²) in [5.41, 5.74) is 0.768. The molecule has 0 bridgehead atoms. The van der Waals surface area contributed by atoms with E-state index in [1.807, 2.05) is 24.3 Å². The van der Waals surface area contributed by atoms with Gasteiger partial charge in [0.1, 0.15) is 5.15 Å². The Kier molecular flexibility index (Phi) is 4.57. The molecule has 88 valence electrons. The normalized spacial score (nSPS) is 10.5. The maximum absolute atomic E-state index is 6.06. The summed E-state index contributed by atoms with van der Waals surface area (Å²) in [7, 11) is 0. The average molecular weight is 305 g/mol. The Labute approximate surface area is 119 Å². The van der Waals surface area contributed by atoms with Crippen LogP contribution in [-0.2, 0) is 5.75 Å². The van der Waals surface area contributed by atoms with E-state index in [1.54, 1.807) is 23.9 Å². The van der Waals surface area contributed by atoms with Gasteiger partial charge in [-0.1, -0.05) is 46.9 Å². The Hall–Kier alpha value is -0.410. The molecule has 0 saturated heterocycles. The first-order valence-corrected chi connectivity index (χ1v) is 6.97. The highest BCUT2D eigenvalue weighted by Crippen LogP contribution is 2.31. The van der Waals surface area contributed by atoms with Crippen LogP contribution in [0.15, 0.2) is 41.3 Å². The minimum absolute atomic E-state index is 0.448. The molecule has 5 heteroatoms. The number of hydrogen-bond donors (Lipinski definition) is 0. The molecule has 0 atom stereocenters. The van der Waals surface area contributed by atoms with Crippen LogP contribution in [0.5, 0.6) is 0 Å². The molecule has 1 aromatic carbocycles. The smallest absolute Gasteiger partial charge is 0.129 e. The number of halogens is 3. The van der Waals surface area contributed by atoms with Gasteiger partial charge in [0.05, 0.1) is 15.7 Å². The van der Waals surface area contributed by atoms with Crippen molar-refractivity contribution in [3.8, 4) is 0 Å². The lowest BCUT2D eigenvalue weighted by Gasteiger charge is -2.05. The van der Waals surface area contributed by atoms with Crippen LogP contribution in [0.3, 0.4) is 0 Å². The van der Waals surface area contributed by atoms with E-state index >= 15 is 0 Å². The van der Waals surface area contributed by atoms with Crippen molar-refractivity contribution in [1.29, 1.82) is 0 Å². The average Bonchev–Trinajstić information content (AvgIpc) is 2.32. The Bertz CT molecular complexity index is 531. The molecular weight excluding hydrogens is 297 g/mol. The highest BCUT2D eigenvalue weighted by molar-refractivity contribution is 7.98. The van der Waals surface area contributed by atoms with E-state index in [1.165, 1.54) is 0 Å². The van der Waals surface area contributed by atoms with Crippen LogP contribution >= 0.6 is 46.6 Å². The number of rotatable bonds is 3. The fourth-order valence-corrected chi connectivity index (χ4v) is 2.88. The Balaban J connectivity index is 2.12. The predicted octanol–water partition coefficient (Wildman–Crippen LogP) is 5.33. The van der Waals surface area contributed by atoms with Gasteiger partial charge < -0.3 is 0 Å². The van der Waals surface area contributed by atoms with Crippen molar-refractivity contribution >= 4 is 46.6 Å². The summed E-state index contributed by atoms with van der Waals surface area (Å²) >= 11 is 19.5. The molecular formula is C12H8Cl3NS. The molecule has 0 fully saturated rings. The van der Waals surface area contributed by atoms with Gasteiger partial charge in [0.25, 0.3) is 0 Å². The molecule has 1 aromatic heterocycles. The number of thioether (sulfide) groups is 1. The second kappa shape index (κ2) is 5.96. The summed E-state index contributed by atoms with van der Waals surface area (Å²) in [5.74, 6) is 0.642. The summed E-state index contributed by atoms with van der Waals surface area (Å²) in [4.78, 5) is 5.19. The third-order valence-corrected chi connectivity index (χ3v) is 4.17. The lowest BCUT2D eigenvalue weighted by molar-refractivity contribution is 1.17. The molecule has 1 heterocycles. The van der Waals surface area contributed by atoms with Crippen molar-refractivity contribution < 1.29 is 0 Å². The fourth-order valence-electron chi connectivity index (χ4n) is 1.27. The highest BCUT2D eigenvalue weighted by Gasteiger charge is 2.06. The largest absolute Gasteiger partial charge is 0.239 e. The number of nitrogens with zero attached hydrogens (tertiary/aromatic N) is 1. The van der Waals surface area contributed by atoms with E-state index in [0.717, 1.165) is 15.6 Å². The number of aromatic nitrogens is 1. The number of benzene rings is 1. The molecule has 2 rings (SSSR count). The number of pyridine rings is 1. The zero-order valence-electron chi connectivity index (χ0n) is 8.66. The molecule has 0 N–H and O–H groups in total. The quantitative estimate of drug-likeness (QED) is 0.561. The fraction of sp³-hybridized carbons (Fsp3) is 0.0833. The van der Waals surface area contributed by atoms with Crippen molar-refractivity contribution in [3.05, 3.63) is 57.3 Å². The van der Waals surface area contributed by atoms with Crippen LogP contribution in [0, 0.1) is 0 Å². The van der Waals surface area contributed by atoms with E-state index in [-0.39, 0.29) is 0 Å². The zero-order chi connectivity index (χ0) is 12.3. The van der Waals surface area contributed by atoms with Crippen LogP contribution in [0.2, 0.25) is 15.2 Å². The summed E-state index contributed by atoms with van der Waals surface area (Å²) in [5, 5.41) is 1.80. The summed E-state index contributed by atoms with van der Waals surface area (Å²) < 4.78 is 0.